The molecule has 0 heterocycles. The SMILES string of the molecule is CCC(COP(NCC(=O)OCC(C)(C)C)Oc1ccccc1)OC. The Hall–Kier alpha value is -1.20. The van der Waals surface area contributed by atoms with Crippen molar-refractivity contribution in [1.82, 2.24) is 5.09 Å². The molecule has 142 valence electrons. The molecule has 0 saturated carbocycles. The van der Waals surface area contributed by atoms with Crippen LogP contribution in [-0.4, -0.2) is 38.9 Å². The second-order valence-electron chi connectivity index (χ2n) is 6.78. The fourth-order valence-corrected chi connectivity index (χ4v) is 2.74. The molecule has 0 aliphatic carbocycles. The van der Waals surface area contributed by atoms with Crippen molar-refractivity contribution in [2.24, 2.45) is 5.41 Å². The molecule has 1 rings (SSSR count). The zero-order valence-corrected chi connectivity index (χ0v) is 16.7. The van der Waals surface area contributed by atoms with Gasteiger partial charge in [-0.15, -0.1) is 0 Å². The van der Waals surface area contributed by atoms with E-state index >= 15 is 0 Å². The lowest BCUT2D eigenvalue weighted by Crippen LogP contribution is -2.27. The lowest BCUT2D eigenvalue weighted by molar-refractivity contribution is -0.144. The first kappa shape index (κ1) is 21.8. The average Bonchev–Trinajstić information content (AvgIpc) is 2.58. The van der Waals surface area contributed by atoms with Gasteiger partial charge in [0.25, 0.3) is 0 Å². The zero-order chi connectivity index (χ0) is 18.7. The smallest absolute Gasteiger partial charge is 0.320 e. The highest BCUT2D eigenvalue weighted by molar-refractivity contribution is 7.45. The summed E-state index contributed by atoms with van der Waals surface area (Å²) in [7, 11) is 0.165. The Labute approximate surface area is 152 Å². The number of benzene rings is 1. The van der Waals surface area contributed by atoms with Gasteiger partial charge in [-0.2, -0.15) is 0 Å². The summed E-state index contributed by atoms with van der Waals surface area (Å²) >= 11 is 0. The van der Waals surface area contributed by atoms with Crippen LogP contribution in [0.4, 0.5) is 0 Å². The number of hydrogen-bond acceptors (Lipinski definition) is 6. The molecule has 1 aromatic rings. The zero-order valence-electron chi connectivity index (χ0n) is 15.8. The second kappa shape index (κ2) is 11.4. The first-order valence-electron chi connectivity index (χ1n) is 8.42. The molecule has 0 radical (unpaired) electrons. The van der Waals surface area contributed by atoms with Crippen molar-refractivity contribution in [2.45, 2.75) is 40.2 Å². The van der Waals surface area contributed by atoms with Gasteiger partial charge in [0.2, 0.25) is 0 Å². The Kier molecular flexibility index (Phi) is 9.98. The minimum atomic E-state index is -1.48. The van der Waals surface area contributed by atoms with E-state index in [2.05, 4.69) is 5.09 Å². The van der Waals surface area contributed by atoms with Gasteiger partial charge >= 0.3 is 14.5 Å². The molecule has 2 unspecified atom stereocenters. The number of carbonyl (C=O) groups excluding carboxylic acids is 1. The molecule has 0 bridgehead atoms. The first-order valence-corrected chi connectivity index (χ1v) is 9.59. The monoisotopic (exact) mass is 371 g/mol. The minimum absolute atomic E-state index is 0.0148. The molecule has 0 aliphatic rings. The fourth-order valence-electron chi connectivity index (χ4n) is 1.66. The van der Waals surface area contributed by atoms with Gasteiger partial charge in [-0.25, -0.2) is 5.09 Å². The lowest BCUT2D eigenvalue weighted by atomic mass is 9.99. The molecular formula is C18H30NO5P. The summed E-state index contributed by atoms with van der Waals surface area (Å²) in [5.74, 6) is 0.344. The highest BCUT2D eigenvalue weighted by Gasteiger charge is 2.19. The number of nitrogens with one attached hydrogen (secondary N) is 1. The van der Waals surface area contributed by atoms with Crippen molar-refractivity contribution in [3.63, 3.8) is 0 Å². The number of rotatable bonds is 11. The van der Waals surface area contributed by atoms with Crippen LogP contribution in [0.3, 0.4) is 0 Å². The normalized spacial score (nSPS) is 14.0. The van der Waals surface area contributed by atoms with Crippen molar-refractivity contribution in [2.75, 3.05) is 26.9 Å². The quantitative estimate of drug-likeness (QED) is 0.470. The molecule has 6 nitrogen and oxygen atoms in total. The third kappa shape index (κ3) is 10.4. The molecule has 0 saturated heterocycles. The maximum atomic E-state index is 11.9. The number of carbonyl (C=O) groups is 1. The van der Waals surface area contributed by atoms with Gasteiger partial charge < -0.3 is 18.5 Å². The highest BCUT2D eigenvalue weighted by atomic mass is 31.2. The average molecular weight is 371 g/mol. The predicted octanol–water partition coefficient (Wildman–Crippen LogP) is 3.91. The minimum Gasteiger partial charge on any atom is -0.464 e. The standard InChI is InChI=1S/C18H30NO5P/c1-6-15(21-5)13-23-25(24-16-10-8-7-9-11-16)19-12-17(20)22-14-18(2,3)4/h7-11,15,19H,6,12-14H2,1-5H3. The van der Waals surface area contributed by atoms with E-state index in [-0.39, 0.29) is 24.0 Å². The van der Waals surface area contributed by atoms with Gasteiger partial charge in [0.1, 0.15) is 12.3 Å². The summed E-state index contributed by atoms with van der Waals surface area (Å²) < 4.78 is 22.2. The van der Waals surface area contributed by atoms with E-state index in [4.69, 9.17) is 18.5 Å². The van der Waals surface area contributed by atoms with E-state index in [0.29, 0.717) is 19.0 Å². The molecule has 1 aromatic carbocycles. The molecule has 0 spiro atoms. The summed E-state index contributed by atoms with van der Waals surface area (Å²) in [5, 5.41) is 3.00. The van der Waals surface area contributed by atoms with Gasteiger partial charge in [0.15, 0.2) is 0 Å². The molecule has 1 N–H and O–H groups in total. The van der Waals surface area contributed by atoms with Gasteiger partial charge in [0.05, 0.1) is 19.3 Å². The Morgan fingerprint density at radius 1 is 1.24 bits per heavy atom. The van der Waals surface area contributed by atoms with E-state index in [1.165, 1.54) is 0 Å². The van der Waals surface area contributed by atoms with Crippen LogP contribution >= 0.6 is 8.53 Å². The molecule has 25 heavy (non-hydrogen) atoms. The van der Waals surface area contributed by atoms with Crippen LogP contribution in [-0.2, 0) is 18.8 Å². The lowest BCUT2D eigenvalue weighted by Gasteiger charge is -2.21. The van der Waals surface area contributed by atoms with Crippen LogP contribution < -0.4 is 9.61 Å². The van der Waals surface area contributed by atoms with Gasteiger partial charge in [-0.05, 0) is 24.0 Å². The van der Waals surface area contributed by atoms with E-state index in [0.717, 1.165) is 6.42 Å². The van der Waals surface area contributed by atoms with E-state index in [1.807, 2.05) is 58.0 Å². The van der Waals surface area contributed by atoms with E-state index < -0.39 is 8.53 Å². The Balaban J connectivity index is 2.53. The first-order chi connectivity index (χ1) is 11.8. The number of para-hydroxylation sites is 1. The maximum absolute atomic E-state index is 11.9. The Morgan fingerprint density at radius 2 is 1.92 bits per heavy atom. The number of ether oxygens (including phenoxy) is 2. The van der Waals surface area contributed by atoms with Crippen molar-refractivity contribution in [3.8, 4) is 5.75 Å². The van der Waals surface area contributed by atoms with E-state index in [1.54, 1.807) is 7.11 Å². The topological polar surface area (TPSA) is 66.0 Å². The van der Waals surface area contributed by atoms with Gasteiger partial charge in [-0.3, -0.25) is 4.79 Å². The number of esters is 1. The molecule has 0 aliphatic heterocycles. The van der Waals surface area contributed by atoms with E-state index in [9.17, 15) is 4.79 Å². The van der Waals surface area contributed by atoms with Crippen molar-refractivity contribution < 1.29 is 23.3 Å². The Bertz CT molecular complexity index is 488. The van der Waals surface area contributed by atoms with Gasteiger partial charge in [0, 0.05) is 7.11 Å². The molecule has 2 atom stereocenters. The van der Waals surface area contributed by atoms with Crippen LogP contribution in [0.1, 0.15) is 34.1 Å². The summed E-state index contributed by atoms with van der Waals surface area (Å²) in [4.78, 5) is 11.9. The molecule has 0 amide bonds. The third-order valence-electron chi connectivity index (χ3n) is 3.12. The molecule has 7 heteroatoms. The largest absolute Gasteiger partial charge is 0.464 e. The van der Waals surface area contributed by atoms with Crippen LogP contribution in [0, 0.1) is 5.41 Å². The summed E-state index contributed by atoms with van der Waals surface area (Å²) in [6, 6.07) is 9.35. The molecular weight excluding hydrogens is 341 g/mol. The van der Waals surface area contributed by atoms with Gasteiger partial charge in [-0.1, -0.05) is 45.9 Å². The second-order valence-corrected chi connectivity index (χ2v) is 8.05. The van der Waals surface area contributed by atoms with Crippen LogP contribution in [0.15, 0.2) is 30.3 Å². The number of hydrogen-bond donors (Lipinski definition) is 1. The fraction of sp³-hybridized carbons (Fsp3) is 0.611. The third-order valence-corrected chi connectivity index (χ3v) is 4.29. The highest BCUT2D eigenvalue weighted by Crippen LogP contribution is 2.35. The Morgan fingerprint density at radius 3 is 2.48 bits per heavy atom. The number of methoxy groups -OCH3 is 1. The summed E-state index contributed by atoms with van der Waals surface area (Å²) in [6.45, 7) is 8.84. The van der Waals surface area contributed by atoms with Crippen LogP contribution in [0.2, 0.25) is 0 Å². The van der Waals surface area contributed by atoms with Crippen LogP contribution in [0.25, 0.3) is 0 Å². The van der Waals surface area contributed by atoms with Crippen molar-refractivity contribution in [1.29, 1.82) is 0 Å². The maximum Gasteiger partial charge on any atom is 0.320 e. The summed E-state index contributed by atoms with van der Waals surface area (Å²) in [5.41, 5.74) is -0.0652. The summed E-state index contributed by atoms with van der Waals surface area (Å²) in [6.07, 6.45) is 0.817. The molecule has 0 fully saturated rings. The van der Waals surface area contributed by atoms with Crippen LogP contribution in [0.5, 0.6) is 5.75 Å². The van der Waals surface area contributed by atoms with Crippen molar-refractivity contribution in [3.05, 3.63) is 30.3 Å². The van der Waals surface area contributed by atoms with Crippen molar-refractivity contribution >= 4 is 14.5 Å². The molecule has 0 aromatic heterocycles. The predicted molar refractivity (Wildman–Crippen MR) is 99.4 cm³/mol.